The lowest BCUT2D eigenvalue weighted by atomic mass is 10.2. The third kappa shape index (κ3) is 4.61. The van der Waals surface area contributed by atoms with Crippen molar-refractivity contribution in [2.24, 2.45) is 0 Å². The van der Waals surface area contributed by atoms with Gasteiger partial charge in [0.15, 0.2) is 0 Å². The van der Waals surface area contributed by atoms with E-state index in [1.807, 2.05) is 10.8 Å². The molecule has 25 heavy (non-hydrogen) atoms. The molecule has 1 aliphatic rings. The van der Waals surface area contributed by atoms with Crippen LogP contribution in [0.2, 0.25) is 0 Å². The summed E-state index contributed by atoms with van der Waals surface area (Å²) in [4.78, 5) is 34.0. The molecule has 132 valence electrons. The molecule has 1 atom stereocenters. The second kappa shape index (κ2) is 8.17. The van der Waals surface area contributed by atoms with E-state index in [9.17, 15) is 9.59 Å². The van der Waals surface area contributed by atoms with Gasteiger partial charge in [-0.25, -0.2) is 0 Å². The quantitative estimate of drug-likeness (QED) is 0.872. The van der Waals surface area contributed by atoms with Crippen LogP contribution in [0.4, 0.5) is 0 Å². The molecular formula is C17H20N4O3S. The molecule has 3 heterocycles. The van der Waals surface area contributed by atoms with Crippen LogP contribution in [0.15, 0.2) is 29.2 Å². The lowest BCUT2D eigenvalue weighted by Gasteiger charge is -2.31. The molecule has 2 aromatic rings. The summed E-state index contributed by atoms with van der Waals surface area (Å²) < 4.78 is 5.73. The lowest BCUT2D eigenvalue weighted by molar-refractivity contribution is -0.136. The molecule has 1 fully saturated rings. The van der Waals surface area contributed by atoms with Crippen LogP contribution in [0.25, 0.3) is 0 Å². The van der Waals surface area contributed by atoms with Gasteiger partial charge in [-0.1, -0.05) is 0 Å². The highest BCUT2D eigenvalue weighted by Crippen LogP contribution is 2.20. The van der Waals surface area contributed by atoms with E-state index in [-0.39, 0.29) is 17.9 Å². The Kier molecular flexibility index (Phi) is 5.72. The highest BCUT2D eigenvalue weighted by atomic mass is 32.1. The first-order chi connectivity index (χ1) is 12.1. The van der Waals surface area contributed by atoms with Crippen LogP contribution in [-0.2, 0) is 16.0 Å². The average Bonchev–Trinajstić information content (AvgIpc) is 3.17. The summed E-state index contributed by atoms with van der Waals surface area (Å²) in [5.74, 6) is -0.0494. The number of aromatic nitrogens is 2. The van der Waals surface area contributed by atoms with Gasteiger partial charge in [-0.15, -0.1) is 0 Å². The molecular weight excluding hydrogens is 340 g/mol. The zero-order chi connectivity index (χ0) is 17.6. The maximum atomic E-state index is 11.9. The van der Waals surface area contributed by atoms with Gasteiger partial charge in [-0.05, 0) is 11.4 Å². The molecule has 0 bridgehead atoms. The highest BCUT2D eigenvalue weighted by molar-refractivity contribution is 7.08. The van der Waals surface area contributed by atoms with Crippen molar-refractivity contribution in [3.05, 3.63) is 46.2 Å². The first kappa shape index (κ1) is 17.5. The molecule has 0 spiro atoms. The van der Waals surface area contributed by atoms with E-state index in [0.29, 0.717) is 43.9 Å². The van der Waals surface area contributed by atoms with Gasteiger partial charge in [-0.2, -0.15) is 11.3 Å². The summed E-state index contributed by atoms with van der Waals surface area (Å²) in [6.07, 6.45) is 3.68. The molecule has 2 amide bonds. The van der Waals surface area contributed by atoms with Crippen LogP contribution in [0.5, 0.6) is 0 Å². The number of amides is 2. The molecule has 1 saturated heterocycles. The monoisotopic (exact) mass is 360 g/mol. The topological polar surface area (TPSA) is 84.4 Å². The summed E-state index contributed by atoms with van der Waals surface area (Å²) >= 11 is 1.49. The second-order valence-corrected chi connectivity index (χ2v) is 6.56. The van der Waals surface area contributed by atoms with Gasteiger partial charge >= 0.3 is 0 Å². The van der Waals surface area contributed by atoms with Gasteiger partial charge in [0.25, 0.3) is 5.91 Å². The Bertz CT molecular complexity index is 735. The largest absolute Gasteiger partial charge is 0.368 e. The Balaban J connectivity index is 1.56. The Hall–Kier alpha value is -2.32. The maximum absolute atomic E-state index is 11.9. The molecule has 1 N–H and O–H groups in total. The summed E-state index contributed by atoms with van der Waals surface area (Å²) in [5, 5.41) is 6.56. The number of nitrogens with zero attached hydrogens (tertiary/aromatic N) is 3. The fourth-order valence-electron chi connectivity index (χ4n) is 2.61. The average molecular weight is 360 g/mol. The fourth-order valence-corrected chi connectivity index (χ4v) is 3.25. The van der Waals surface area contributed by atoms with E-state index < -0.39 is 0 Å². The zero-order valence-corrected chi connectivity index (χ0v) is 14.8. The third-order valence-electron chi connectivity index (χ3n) is 3.99. The van der Waals surface area contributed by atoms with E-state index in [0.717, 1.165) is 5.69 Å². The first-order valence-electron chi connectivity index (χ1n) is 8.12. The maximum Gasteiger partial charge on any atom is 0.252 e. The molecule has 8 heteroatoms. The number of carbonyl (C=O) groups excluding carboxylic acids is 2. The van der Waals surface area contributed by atoms with Crippen LogP contribution < -0.4 is 5.32 Å². The first-order valence-corrected chi connectivity index (χ1v) is 9.06. The van der Waals surface area contributed by atoms with Crippen molar-refractivity contribution >= 4 is 23.2 Å². The molecule has 3 rings (SSSR count). The van der Waals surface area contributed by atoms with Gasteiger partial charge in [0.1, 0.15) is 6.10 Å². The molecule has 1 aliphatic heterocycles. The Morgan fingerprint density at radius 1 is 1.44 bits per heavy atom. The molecule has 0 aliphatic carbocycles. The van der Waals surface area contributed by atoms with Crippen molar-refractivity contribution in [3.8, 4) is 0 Å². The van der Waals surface area contributed by atoms with E-state index in [4.69, 9.17) is 4.74 Å². The Morgan fingerprint density at radius 3 is 3.08 bits per heavy atom. The van der Waals surface area contributed by atoms with Crippen molar-refractivity contribution in [3.63, 3.8) is 0 Å². The number of morpholine rings is 1. The molecule has 2 aromatic heterocycles. The number of nitrogens with one attached hydrogen (secondary N) is 1. The summed E-state index contributed by atoms with van der Waals surface area (Å²) in [5.41, 5.74) is 2.17. The predicted octanol–water partition coefficient (Wildman–Crippen LogP) is 1.43. The molecule has 1 unspecified atom stereocenters. The predicted molar refractivity (Wildman–Crippen MR) is 93.3 cm³/mol. The minimum Gasteiger partial charge on any atom is -0.368 e. The minimum atomic E-state index is -0.259. The number of thiophene rings is 1. The van der Waals surface area contributed by atoms with Crippen LogP contribution in [0, 0.1) is 0 Å². The fraction of sp³-hybridized carbons (Fsp3) is 0.412. The summed E-state index contributed by atoms with van der Waals surface area (Å²) in [6.45, 7) is 3.63. The van der Waals surface area contributed by atoms with Crippen molar-refractivity contribution in [2.45, 2.75) is 19.4 Å². The lowest BCUT2D eigenvalue weighted by Crippen LogP contribution is -2.41. The van der Waals surface area contributed by atoms with E-state index >= 15 is 0 Å². The molecule has 0 saturated carbocycles. The second-order valence-electron chi connectivity index (χ2n) is 5.78. The van der Waals surface area contributed by atoms with Gasteiger partial charge in [-0.3, -0.25) is 19.6 Å². The SMILES string of the molecule is CC(=O)N1CCOC(c2cncc(CCNC(=O)c3ccsc3)n2)C1. The zero-order valence-electron chi connectivity index (χ0n) is 14.0. The van der Waals surface area contributed by atoms with Crippen molar-refractivity contribution < 1.29 is 14.3 Å². The van der Waals surface area contributed by atoms with Gasteiger partial charge < -0.3 is 15.0 Å². The highest BCUT2D eigenvalue weighted by Gasteiger charge is 2.24. The van der Waals surface area contributed by atoms with Crippen LogP contribution in [0.1, 0.15) is 34.8 Å². The van der Waals surface area contributed by atoms with E-state index in [1.165, 1.54) is 11.3 Å². The van der Waals surface area contributed by atoms with E-state index in [1.54, 1.807) is 30.3 Å². The Morgan fingerprint density at radius 2 is 2.32 bits per heavy atom. The number of carbonyl (C=O) groups is 2. The van der Waals surface area contributed by atoms with Gasteiger partial charge in [0, 0.05) is 43.6 Å². The third-order valence-corrected chi connectivity index (χ3v) is 4.68. The smallest absolute Gasteiger partial charge is 0.252 e. The van der Waals surface area contributed by atoms with Crippen LogP contribution in [0.3, 0.4) is 0 Å². The number of ether oxygens (including phenoxy) is 1. The van der Waals surface area contributed by atoms with Gasteiger partial charge in [0.05, 0.1) is 30.7 Å². The normalized spacial score (nSPS) is 17.3. The minimum absolute atomic E-state index is 0.0357. The van der Waals surface area contributed by atoms with Crippen molar-refractivity contribution in [1.82, 2.24) is 20.2 Å². The van der Waals surface area contributed by atoms with E-state index in [2.05, 4.69) is 15.3 Å². The van der Waals surface area contributed by atoms with Gasteiger partial charge in [0.2, 0.25) is 5.91 Å². The summed E-state index contributed by atoms with van der Waals surface area (Å²) in [7, 11) is 0. The number of hydrogen-bond acceptors (Lipinski definition) is 6. The molecule has 0 aromatic carbocycles. The van der Waals surface area contributed by atoms with Crippen LogP contribution in [-0.4, -0.2) is 52.9 Å². The standard InChI is InChI=1S/C17H20N4O3S/c1-12(22)21-5-6-24-16(10-21)15-9-18-8-14(20-15)2-4-19-17(23)13-3-7-25-11-13/h3,7-9,11,16H,2,4-6,10H2,1H3,(H,19,23). The van der Waals surface area contributed by atoms with Crippen LogP contribution >= 0.6 is 11.3 Å². The number of hydrogen-bond donors (Lipinski definition) is 1. The van der Waals surface area contributed by atoms with Crippen molar-refractivity contribution in [1.29, 1.82) is 0 Å². The Labute approximate surface area is 150 Å². The summed E-state index contributed by atoms with van der Waals surface area (Å²) in [6, 6.07) is 1.79. The van der Waals surface area contributed by atoms with Crippen molar-refractivity contribution in [2.75, 3.05) is 26.2 Å². The number of rotatable bonds is 5. The molecule has 7 nitrogen and oxygen atoms in total. The molecule has 0 radical (unpaired) electrons.